The van der Waals surface area contributed by atoms with Crippen molar-refractivity contribution in [2.75, 3.05) is 6.61 Å². The Labute approximate surface area is 91.1 Å². The molecule has 1 aromatic heterocycles. The maximum absolute atomic E-state index is 11.3. The van der Waals surface area contributed by atoms with E-state index in [4.69, 9.17) is 4.74 Å². The molecular formula is C8H12N2O2S2. The van der Waals surface area contributed by atoms with E-state index in [9.17, 15) is 4.79 Å². The zero-order chi connectivity index (χ0) is 10.6. The number of carbonyl (C=O) groups is 1. The van der Waals surface area contributed by atoms with Gasteiger partial charge in [-0.1, -0.05) is 23.1 Å². The lowest BCUT2D eigenvalue weighted by Crippen LogP contribution is -2.16. The predicted molar refractivity (Wildman–Crippen MR) is 56.6 cm³/mol. The normalized spacial score (nSPS) is 12.5. The van der Waals surface area contributed by atoms with E-state index in [0.717, 1.165) is 9.35 Å². The van der Waals surface area contributed by atoms with E-state index in [1.165, 1.54) is 23.1 Å². The van der Waals surface area contributed by atoms with Gasteiger partial charge in [0.25, 0.3) is 0 Å². The van der Waals surface area contributed by atoms with Gasteiger partial charge in [0.15, 0.2) is 4.34 Å². The van der Waals surface area contributed by atoms with E-state index in [0.29, 0.717) is 6.61 Å². The lowest BCUT2D eigenvalue weighted by atomic mass is 10.5. The molecule has 0 fully saturated rings. The fourth-order valence-corrected chi connectivity index (χ4v) is 2.74. The van der Waals surface area contributed by atoms with Crippen LogP contribution >= 0.6 is 23.1 Å². The van der Waals surface area contributed by atoms with E-state index in [1.807, 2.05) is 6.92 Å². The SMILES string of the molecule is CCOC(=O)C(C)Sc1nnc(C)s1. The maximum atomic E-state index is 11.3. The molecule has 1 heterocycles. The molecular weight excluding hydrogens is 220 g/mol. The molecule has 1 unspecified atom stereocenters. The smallest absolute Gasteiger partial charge is 0.319 e. The van der Waals surface area contributed by atoms with Crippen molar-refractivity contribution in [3.8, 4) is 0 Å². The maximum Gasteiger partial charge on any atom is 0.319 e. The second-order valence-electron chi connectivity index (χ2n) is 2.60. The van der Waals surface area contributed by atoms with Crippen LogP contribution in [0.4, 0.5) is 0 Å². The molecule has 0 aliphatic rings. The molecule has 14 heavy (non-hydrogen) atoms. The third-order valence-corrected chi connectivity index (χ3v) is 3.40. The number of aromatic nitrogens is 2. The molecule has 1 atom stereocenters. The largest absolute Gasteiger partial charge is 0.465 e. The van der Waals surface area contributed by atoms with Crippen LogP contribution in [0.2, 0.25) is 0 Å². The molecule has 0 saturated carbocycles. The summed E-state index contributed by atoms with van der Waals surface area (Å²) in [5.41, 5.74) is 0. The summed E-state index contributed by atoms with van der Waals surface area (Å²) in [6.07, 6.45) is 0. The summed E-state index contributed by atoms with van der Waals surface area (Å²) in [5, 5.41) is 8.48. The first kappa shape index (κ1) is 11.5. The Bertz CT molecular complexity index is 314. The van der Waals surface area contributed by atoms with E-state index in [2.05, 4.69) is 10.2 Å². The lowest BCUT2D eigenvalue weighted by molar-refractivity contribution is -0.142. The van der Waals surface area contributed by atoms with Crippen LogP contribution in [0.15, 0.2) is 4.34 Å². The van der Waals surface area contributed by atoms with Crippen molar-refractivity contribution in [2.45, 2.75) is 30.4 Å². The van der Waals surface area contributed by atoms with Crippen molar-refractivity contribution >= 4 is 29.1 Å². The van der Waals surface area contributed by atoms with Crippen LogP contribution in [0, 0.1) is 6.92 Å². The number of hydrogen-bond donors (Lipinski definition) is 0. The highest BCUT2D eigenvalue weighted by atomic mass is 32.2. The minimum Gasteiger partial charge on any atom is -0.465 e. The molecule has 0 radical (unpaired) electrons. The number of rotatable bonds is 4. The van der Waals surface area contributed by atoms with Gasteiger partial charge in [-0.3, -0.25) is 4.79 Å². The van der Waals surface area contributed by atoms with Crippen LogP contribution in [-0.4, -0.2) is 28.0 Å². The van der Waals surface area contributed by atoms with Gasteiger partial charge in [0.1, 0.15) is 10.3 Å². The van der Waals surface area contributed by atoms with Gasteiger partial charge >= 0.3 is 5.97 Å². The summed E-state index contributed by atoms with van der Waals surface area (Å²) in [5.74, 6) is -0.203. The number of carbonyl (C=O) groups excluding carboxylic acids is 1. The highest BCUT2D eigenvalue weighted by molar-refractivity contribution is 8.02. The summed E-state index contributed by atoms with van der Waals surface area (Å²) >= 11 is 2.87. The van der Waals surface area contributed by atoms with Gasteiger partial charge in [-0.05, 0) is 20.8 Å². The molecule has 0 amide bonds. The van der Waals surface area contributed by atoms with Crippen LogP contribution in [-0.2, 0) is 9.53 Å². The molecule has 6 heteroatoms. The number of hydrogen-bond acceptors (Lipinski definition) is 6. The zero-order valence-corrected chi connectivity index (χ0v) is 9.94. The standard InChI is InChI=1S/C8H12N2O2S2/c1-4-12-7(11)5(2)13-8-10-9-6(3)14-8/h5H,4H2,1-3H3. The number of thioether (sulfide) groups is 1. The first-order valence-electron chi connectivity index (χ1n) is 4.27. The Morgan fingerprint density at radius 3 is 2.86 bits per heavy atom. The minimum atomic E-state index is -0.220. The summed E-state index contributed by atoms with van der Waals surface area (Å²) in [4.78, 5) is 11.3. The first-order valence-corrected chi connectivity index (χ1v) is 5.96. The number of aryl methyl sites for hydroxylation is 1. The van der Waals surface area contributed by atoms with Crippen molar-refractivity contribution in [1.82, 2.24) is 10.2 Å². The highest BCUT2D eigenvalue weighted by Crippen LogP contribution is 2.26. The number of ether oxygens (including phenoxy) is 1. The average Bonchev–Trinajstić information content (AvgIpc) is 2.51. The van der Waals surface area contributed by atoms with Gasteiger partial charge in [0, 0.05) is 0 Å². The van der Waals surface area contributed by atoms with Crippen LogP contribution in [0.1, 0.15) is 18.9 Å². The quantitative estimate of drug-likeness (QED) is 0.586. The fraction of sp³-hybridized carbons (Fsp3) is 0.625. The van der Waals surface area contributed by atoms with Crippen LogP contribution in [0.5, 0.6) is 0 Å². The molecule has 0 aromatic carbocycles. The highest BCUT2D eigenvalue weighted by Gasteiger charge is 2.17. The Morgan fingerprint density at radius 1 is 1.64 bits per heavy atom. The third kappa shape index (κ3) is 3.26. The van der Waals surface area contributed by atoms with Gasteiger partial charge < -0.3 is 4.74 Å². The molecule has 0 saturated heterocycles. The molecule has 1 aromatic rings. The third-order valence-electron chi connectivity index (χ3n) is 1.40. The first-order chi connectivity index (χ1) is 6.63. The van der Waals surface area contributed by atoms with Crippen molar-refractivity contribution in [1.29, 1.82) is 0 Å². The molecule has 0 N–H and O–H groups in total. The van der Waals surface area contributed by atoms with Crippen LogP contribution in [0.3, 0.4) is 0 Å². The Hall–Kier alpha value is -0.620. The van der Waals surface area contributed by atoms with Gasteiger partial charge in [-0.25, -0.2) is 0 Å². The summed E-state index contributed by atoms with van der Waals surface area (Å²) in [7, 11) is 0. The van der Waals surface area contributed by atoms with E-state index < -0.39 is 0 Å². The van der Waals surface area contributed by atoms with Gasteiger partial charge in [-0.2, -0.15) is 0 Å². The van der Waals surface area contributed by atoms with Crippen LogP contribution in [0.25, 0.3) is 0 Å². The lowest BCUT2D eigenvalue weighted by Gasteiger charge is -2.06. The average molecular weight is 232 g/mol. The number of nitrogens with zero attached hydrogens (tertiary/aromatic N) is 2. The van der Waals surface area contributed by atoms with Gasteiger partial charge in [0.05, 0.1) is 6.61 Å². The molecule has 0 aliphatic heterocycles. The molecule has 78 valence electrons. The fourth-order valence-electron chi connectivity index (χ4n) is 0.785. The Morgan fingerprint density at radius 2 is 2.36 bits per heavy atom. The van der Waals surface area contributed by atoms with Crippen LogP contribution < -0.4 is 0 Å². The second kappa shape index (κ2) is 5.31. The summed E-state index contributed by atoms with van der Waals surface area (Å²) in [6, 6.07) is 0. The van der Waals surface area contributed by atoms with Gasteiger partial charge in [-0.15, -0.1) is 10.2 Å². The summed E-state index contributed by atoms with van der Waals surface area (Å²) in [6.45, 7) is 5.90. The van der Waals surface area contributed by atoms with Gasteiger partial charge in [0.2, 0.25) is 0 Å². The molecule has 0 aliphatic carbocycles. The number of esters is 1. The molecule has 0 bridgehead atoms. The molecule has 1 rings (SSSR count). The van der Waals surface area contributed by atoms with Crippen molar-refractivity contribution < 1.29 is 9.53 Å². The monoisotopic (exact) mass is 232 g/mol. The second-order valence-corrected chi connectivity index (χ2v) is 5.37. The molecule has 4 nitrogen and oxygen atoms in total. The minimum absolute atomic E-state index is 0.203. The predicted octanol–water partition coefficient (Wildman–Crippen LogP) is 1.89. The van der Waals surface area contributed by atoms with E-state index >= 15 is 0 Å². The van der Waals surface area contributed by atoms with E-state index in [1.54, 1.807) is 13.8 Å². The van der Waals surface area contributed by atoms with Crippen molar-refractivity contribution in [2.24, 2.45) is 0 Å². The zero-order valence-electron chi connectivity index (χ0n) is 8.31. The van der Waals surface area contributed by atoms with E-state index in [-0.39, 0.29) is 11.2 Å². The topological polar surface area (TPSA) is 52.1 Å². The van der Waals surface area contributed by atoms with Crippen molar-refractivity contribution in [3.63, 3.8) is 0 Å². The van der Waals surface area contributed by atoms with Crippen molar-refractivity contribution in [3.05, 3.63) is 5.01 Å². The summed E-state index contributed by atoms with van der Waals surface area (Å²) < 4.78 is 5.69. The Balaban J connectivity index is 2.48. The molecule has 0 spiro atoms. The Kier molecular flexibility index (Phi) is 4.34.